The molecule has 2 aromatic rings. The van der Waals surface area contributed by atoms with Gasteiger partial charge in [-0.15, -0.1) is 0 Å². The van der Waals surface area contributed by atoms with Crippen molar-refractivity contribution in [2.75, 3.05) is 14.2 Å². The molecule has 0 radical (unpaired) electrons. The monoisotopic (exact) mass is 247 g/mol. The summed E-state index contributed by atoms with van der Waals surface area (Å²) in [5.41, 5.74) is 2.05. The van der Waals surface area contributed by atoms with Crippen molar-refractivity contribution < 1.29 is 9.15 Å². The number of hydrogen-bond donors (Lipinski definition) is 1. The molecule has 2 rings (SSSR count). The zero-order valence-electron chi connectivity index (χ0n) is 10.8. The number of furan rings is 1. The summed E-state index contributed by atoms with van der Waals surface area (Å²) in [5, 5.41) is 3.26. The summed E-state index contributed by atoms with van der Waals surface area (Å²) < 4.78 is 10.4. The Balaban J connectivity index is 2.14. The Kier molecular flexibility index (Phi) is 3.94. The fourth-order valence-corrected chi connectivity index (χ4v) is 1.84. The van der Waals surface area contributed by atoms with E-state index in [1.165, 1.54) is 6.33 Å². The standard InChI is InChI=1S/C13H17N3O2/c1-9-4-10(7-18-9)12(14-2)5-11-6-13(17-3)16-8-15-11/h4,6-8,12,14H,5H2,1-3H3. The van der Waals surface area contributed by atoms with Gasteiger partial charge in [-0.05, 0) is 20.0 Å². The number of aryl methyl sites for hydroxylation is 1. The molecule has 2 heterocycles. The van der Waals surface area contributed by atoms with Crippen LogP contribution in [0.5, 0.6) is 5.88 Å². The normalized spacial score (nSPS) is 12.4. The molecule has 0 fully saturated rings. The van der Waals surface area contributed by atoms with Crippen molar-refractivity contribution >= 4 is 0 Å². The van der Waals surface area contributed by atoms with Crippen molar-refractivity contribution in [2.45, 2.75) is 19.4 Å². The molecule has 5 nitrogen and oxygen atoms in total. The van der Waals surface area contributed by atoms with Gasteiger partial charge in [-0.3, -0.25) is 0 Å². The van der Waals surface area contributed by atoms with Crippen LogP contribution in [0.3, 0.4) is 0 Å². The maximum Gasteiger partial charge on any atom is 0.216 e. The predicted octanol–water partition coefficient (Wildman–Crippen LogP) is 1.89. The summed E-state index contributed by atoms with van der Waals surface area (Å²) in [7, 11) is 3.52. The molecule has 0 spiro atoms. The third-order valence-electron chi connectivity index (χ3n) is 2.82. The molecule has 1 unspecified atom stereocenters. The molecule has 0 bridgehead atoms. The van der Waals surface area contributed by atoms with Crippen LogP contribution in [-0.4, -0.2) is 24.1 Å². The summed E-state index contributed by atoms with van der Waals surface area (Å²) >= 11 is 0. The van der Waals surface area contributed by atoms with Gasteiger partial charge in [-0.1, -0.05) is 0 Å². The van der Waals surface area contributed by atoms with Crippen LogP contribution in [0.4, 0.5) is 0 Å². The van der Waals surface area contributed by atoms with Crippen LogP contribution < -0.4 is 10.1 Å². The van der Waals surface area contributed by atoms with E-state index in [2.05, 4.69) is 15.3 Å². The van der Waals surface area contributed by atoms with E-state index in [-0.39, 0.29) is 6.04 Å². The minimum atomic E-state index is 0.169. The highest BCUT2D eigenvalue weighted by Gasteiger charge is 2.13. The third-order valence-corrected chi connectivity index (χ3v) is 2.82. The van der Waals surface area contributed by atoms with Crippen molar-refractivity contribution in [3.8, 4) is 5.88 Å². The topological polar surface area (TPSA) is 60.2 Å². The number of rotatable bonds is 5. The zero-order chi connectivity index (χ0) is 13.0. The number of aromatic nitrogens is 2. The van der Waals surface area contributed by atoms with Crippen LogP contribution in [0.25, 0.3) is 0 Å². The molecule has 96 valence electrons. The van der Waals surface area contributed by atoms with Crippen LogP contribution in [-0.2, 0) is 6.42 Å². The Morgan fingerprint density at radius 1 is 1.39 bits per heavy atom. The molecule has 0 saturated heterocycles. The van der Waals surface area contributed by atoms with E-state index in [4.69, 9.17) is 9.15 Å². The van der Waals surface area contributed by atoms with Gasteiger partial charge in [0.05, 0.1) is 13.4 Å². The van der Waals surface area contributed by atoms with Crippen molar-refractivity contribution in [1.82, 2.24) is 15.3 Å². The first-order chi connectivity index (χ1) is 8.72. The van der Waals surface area contributed by atoms with Gasteiger partial charge >= 0.3 is 0 Å². The SMILES string of the molecule is CNC(Cc1cc(OC)ncn1)c1coc(C)c1. The molecule has 2 aromatic heterocycles. The van der Waals surface area contributed by atoms with E-state index in [0.717, 1.165) is 23.4 Å². The summed E-state index contributed by atoms with van der Waals surface area (Å²) in [6.07, 6.45) is 4.05. The largest absolute Gasteiger partial charge is 0.481 e. The number of likely N-dealkylation sites (N-methyl/N-ethyl adjacent to an activating group) is 1. The van der Waals surface area contributed by atoms with Gasteiger partial charge in [0.25, 0.3) is 0 Å². The zero-order valence-corrected chi connectivity index (χ0v) is 10.8. The first kappa shape index (κ1) is 12.6. The molecule has 0 aliphatic heterocycles. The highest BCUT2D eigenvalue weighted by Crippen LogP contribution is 2.20. The van der Waals surface area contributed by atoms with Crippen molar-refractivity contribution in [1.29, 1.82) is 0 Å². The minimum Gasteiger partial charge on any atom is -0.481 e. The molecular formula is C13H17N3O2. The fourth-order valence-electron chi connectivity index (χ4n) is 1.84. The van der Waals surface area contributed by atoms with Crippen LogP contribution >= 0.6 is 0 Å². The molecular weight excluding hydrogens is 230 g/mol. The molecule has 0 aliphatic rings. The van der Waals surface area contributed by atoms with Gasteiger partial charge in [0.1, 0.15) is 12.1 Å². The second kappa shape index (κ2) is 5.64. The molecule has 5 heteroatoms. The average Bonchev–Trinajstić information content (AvgIpc) is 2.82. The predicted molar refractivity (Wildman–Crippen MR) is 67.5 cm³/mol. The second-order valence-corrected chi connectivity index (χ2v) is 4.09. The lowest BCUT2D eigenvalue weighted by atomic mass is 10.0. The molecule has 1 N–H and O–H groups in total. The first-order valence-electron chi connectivity index (χ1n) is 5.80. The third kappa shape index (κ3) is 2.87. The molecule has 1 atom stereocenters. The van der Waals surface area contributed by atoms with Gasteiger partial charge in [0.15, 0.2) is 0 Å². The van der Waals surface area contributed by atoms with Crippen molar-refractivity contribution in [3.05, 3.63) is 41.7 Å². The van der Waals surface area contributed by atoms with Crippen molar-refractivity contribution in [2.24, 2.45) is 0 Å². The van der Waals surface area contributed by atoms with E-state index >= 15 is 0 Å². The summed E-state index contributed by atoms with van der Waals surface area (Å²) in [5.74, 6) is 1.49. The van der Waals surface area contributed by atoms with Crippen LogP contribution in [0, 0.1) is 6.92 Å². The van der Waals surface area contributed by atoms with E-state index in [9.17, 15) is 0 Å². The minimum absolute atomic E-state index is 0.169. The maximum absolute atomic E-state index is 5.33. The highest BCUT2D eigenvalue weighted by atomic mass is 16.5. The lowest BCUT2D eigenvalue weighted by Crippen LogP contribution is -2.18. The molecule has 0 amide bonds. The van der Waals surface area contributed by atoms with Gasteiger partial charge in [0, 0.05) is 29.8 Å². The van der Waals surface area contributed by atoms with E-state index in [0.29, 0.717) is 5.88 Å². The molecule has 18 heavy (non-hydrogen) atoms. The smallest absolute Gasteiger partial charge is 0.216 e. The quantitative estimate of drug-likeness (QED) is 0.874. The lowest BCUT2D eigenvalue weighted by Gasteiger charge is -2.13. The number of nitrogens with one attached hydrogen (secondary N) is 1. The average molecular weight is 247 g/mol. The summed E-state index contributed by atoms with van der Waals surface area (Å²) in [4.78, 5) is 8.24. The lowest BCUT2D eigenvalue weighted by molar-refractivity contribution is 0.395. The Hall–Kier alpha value is -1.88. The molecule has 0 aliphatic carbocycles. The second-order valence-electron chi connectivity index (χ2n) is 4.09. The number of methoxy groups -OCH3 is 1. The molecule has 0 aromatic carbocycles. The summed E-state index contributed by atoms with van der Waals surface area (Å²) in [6, 6.07) is 4.04. The Bertz CT molecular complexity index is 510. The number of ether oxygens (including phenoxy) is 1. The highest BCUT2D eigenvalue weighted by molar-refractivity contribution is 5.21. The fraction of sp³-hybridized carbons (Fsp3) is 0.385. The van der Waals surface area contributed by atoms with Crippen molar-refractivity contribution in [3.63, 3.8) is 0 Å². The van der Waals surface area contributed by atoms with Gasteiger partial charge in [0.2, 0.25) is 5.88 Å². The number of nitrogens with zero attached hydrogens (tertiary/aromatic N) is 2. The Morgan fingerprint density at radius 3 is 2.83 bits per heavy atom. The van der Waals surface area contributed by atoms with Gasteiger partial charge < -0.3 is 14.5 Å². The Labute approximate surface area is 106 Å². The summed E-state index contributed by atoms with van der Waals surface area (Å²) in [6.45, 7) is 1.93. The van der Waals surface area contributed by atoms with Crippen LogP contribution in [0.15, 0.2) is 29.1 Å². The van der Waals surface area contributed by atoms with Gasteiger partial charge in [-0.2, -0.15) is 0 Å². The van der Waals surface area contributed by atoms with Crippen LogP contribution in [0.2, 0.25) is 0 Å². The van der Waals surface area contributed by atoms with Crippen LogP contribution in [0.1, 0.15) is 23.1 Å². The first-order valence-corrected chi connectivity index (χ1v) is 5.80. The van der Waals surface area contributed by atoms with Gasteiger partial charge in [-0.25, -0.2) is 9.97 Å². The van der Waals surface area contributed by atoms with E-state index in [1.54, 1.807) is 13.4 Å². The molecule has 0 saturated carbocycles. The number of hydrogen-bond acceptors (Lipinski definition) is 5. The Morgan fingerprint density at radius 2 is 2.22 bits per heavy atom. The van der Waals surface area contributed by atoms with E-state index < -0.39 is 0 Å². The maximum atomic E-state index is 5.33. The van der Waals surface area contributed by atoms with E-state index in [1.807, 2.05) is 26.1 Å².